The standard InChI is InChI=1S/C29H33N3O2/c33-29-22-27(23-9-3-1-4-10-23)26-14-13-25(21-28(26)30-29)34-20-8-16-31-15-7-17-32(19-18-31)24-11-5-2-6-12-24/h1-6,9-14,21,27H,7-8,15-20,22H2,(H,30,33). The summed E-state index contributed by atoms with van der Waals surface area (Å²) in [5.41, 5.74) is 4.53. The summed E-state index contributed by atoms with van der Waals surface area (Å²) >= 11 is 0. The zero-order chi connectivity index (χ0) is 23.2. The van der Waals surface area contributed by atoms with Crippen LogP contribution in [0.15, 0.2) is 78.9 Å². The van der Waals surface area contributed by atoms with Crippen LogP contribution < -0.4 is 15.0 Å². The molecular formula is C29H33N3O2. The molecule has 0 saturated carbocycles. The molecule has 0 aromatic heterocycles. The second-order valence-electron chi connectivity index (χ2n) is 9.18. The zero-order valence-corrected chi connectivity index (χ0v) is 19.7. The molecule has 2 heterocycles. The molecule has 1 unspecified atom stereocenters. The van der Waals surface area contributed by atoms with Gasteiger partial charge in [0, 0.05) is 56.0 Å². The number of hydrogen-bond acceptors (Lipinski definition) is 4. The summed E-state index contributed by atoms with van der Waals surface area (Å²) in [5, 5.41) is 3.03. The number of para-hydroxylation sites is 1. The van der Waals surface area contributed by atoms with Gasteiger partial charge in [-0.05, 0) is 48.7 Å². The van der Waals surface area contributed by atoms with Crippen LogP contribution >= 0.6 is 0 Å². The Kier molecular flexibility index (Phi) is 7.10. The van der Waals surface area contributed by atoms with E-state index < -0.39 is 0 Å². The molecule has 5 rings (SSSR count). The van der Waals surface area contributed by atoms with E-state index >= 15 is 0 Å². The number of carbonyl (C=O) groups is 1. The maximum atomic E-state index is 12.3. The number of benzene rings is 3. The first kappa shape index (κ1) is 22.5. The van der Waals surface area contributed by atoms with E-state index in [2.05, 4.69) is 63.6 Å². The van der Waals surface area contributed by atoms with E-state index in [0.29, 0.717) is 13.0 Å². The molecule has 0 radical (unpaired) electrons. The molecule has 1 amide bonds. The largest absolute Gasteiger partial charge is 0.493 e. The highest BCUT2D eigenvalue weighted by atomic mass is 16.5. The third kappa shape index (κ3) is 5.42. The molecule has 34 heavy (non-hydrogen) atoms. The lowest BCUT2D eigenvalue weighted by atomic mass is 9.85. The Balaban J connectivity index is 1.12. The average molecular weight is 456 g/mol. The van der Waals surface area contributed by atoms with E-state index in [1.807, 2.05) is 30.3 Å². The van der Waals surface area contributed by atoms with E-state index in [1.54, 1.807) is 0 Å². The van der Waals surface area contributed by atoms with E-state index in [9.17, 15) is 4.79 Å². The molecule has 1 N–H and O–H groups in total. The van der Waals surface area contributed by atoms with E-state index in [0.717, 1.165) is 56.1 Å². The van der Waals surface area contributed by atoms with Gasteiger partial charge in [0.25, 0.3) is 0 Å². The molecule has 3 aromatic carbocycles. The number of fused-ring (bicyclic) bond motifs is 1. The number of carbonyl (C=O) groups excluding carboxylic acids is 1. The molecule has 0 bridgehead atoms. The van der Waals surface area contributed by atoms with Crippen LogP contribution in [0.1, 0.15) is 36.3 Å². The van der Waals surface area contributed by atoms with E-state index in [1.165, 1.54) is 17.7 Å². The maximum absolute atomic E-state index is 12.3. The SMILES string of the molecule is O=C1CC(c2ccccc2)c2ccc(OCCCN3CCCN(c4ccccc4)CC3)cc2N1. The predicted octanol–water partition coefficient (Wildman–Crippen LogP) is 5.14. The van der Waals surface area contributed by atoms with Crippen molar-refractivity contribution >= 4 is 17.3 Å². The quantitative estimate of drug-likeness (QED) is 0.501. The fraction of sp³-hybridized carbons (Fsp3) is 0.345. The minimum absolute atomic E-state index is 0.0595. The first-order chi connectivity index (χ1) is 16.8. The van der Waals surface area contributed by atoms with Crippen LogP contribution in [0.4, 0.5) is 11.4 Å². The van der Waals surface area contributed by atoms with Gasteiger partial charge in [-0.15, -0.1) is 0 Å². The molecule has 2 aliphatic heterocycles. The zero-order valence-electron chi connectivity index (χ0n) is 19.7. The fourth-order valence-corrected chi connectivity index (χ4v) is 5.09. The molecular weight excluding hydrogens is 422 g/mol. The Bertz CT molecular complexity index is 1090. The maximum Gasteiger partial charge on any atom is 0.225 e. The summed E-state index contributed by atoms with van der Waals surface area (Å²) in [5.74, 6) is 0.973. The molecule has 3 aromatic rings. The highest BCUT2D eigenvalue weighted by Gasteiger charge is 2.26. The molecule has 5 heteroatoms. The molecule has 0 aliphatic carbocycles. The highest BCUT2D eigenvalue weighted by molar-refractivity contribution is 5.95. The molecule has 0 spiro atoms. The minimum Gasteiger partial charge on any atom is -0.493 e. The lowest BCUT2D eigenvalue weighted by molar-refractivity contribution is -0.116. The van der Waals surface area contributed by atoms with Crippen molar-refractivity contribution in [1.29, 1.82) is 0 Å². The smallest absolute Gasteiger partial charge is 0.225 e. The van der Waals surface area contributed by atoms with Crippen molar-refractivity contribution in [3.63, 3.8) is 0 Å². The van der Waals surface area contributed by atoms with Gasteiger partial charge in [0.15, 0.2) is 0 Å². The molecule has 1 saturated heterocycles. The summed E-state index contributed by atoms with van der Waals surface area (Å²) in [4.78, 5) is 17.4. The average Bonchev–Trinajstić information content (AvgIpc) is 3.13. The van der Waals surface area contributed by atoms with Crippen molar-refractivity contribution in [3.05, 3.63) is 90.0 Å². The van der Waals surface area contributed by atoms with Crippen LogP contribution in [0.2, 0.25) is 0 Å². The van der Waals surface area contributed by atoms with Crippen molar-refractivity contribution in [2.75, 3.05) is 49.5 Å². The monoisotopic (exact) mass is 455 g/mol. The topological polar surface area (TPSA) is 44.8 Å². The van der Waals surface area contributed by atoms with Crippen LogP contribution in [0.3, 0.4) is 0 Å². The number of ether oxygens (including phenoxy) is 1. The van der Waals surface area contributed by atoms with Gasteiger partial charge in [0.05, 0.1) is 6.61 Å². The van der Waals surface area contributed by atoms with Crippen molar-refractivity contribution in [2.45, 2.75) is 25.2 Å². The summed E-state index contributed by atoms with van der Waals surface area (Å²) in [6.07, 6.45) is 2.65. The Morgan fingerprint density at radius 2 is 1.68 bits per heavy atom. The number of rotatable bonds is 7. The Morgan fingerprint density at radius 3 is 2.50 bits per heavy atom. The van der Waals surface area contributed by atoms with E-state index in [4.69, 9.17) is 4.74 Å². The van der Waals surface area contributed by atoms with Gasteiger partial charge in [-0.2, -0.15) is 0 Å². The third-order valence-corrected chi connectivity index (χ3v) is 6.86. The number of anilines is 2. The Morgan fingerprint density at radius 1 is 0.882 bits per heavy atom. The van der Waals surface area contributed by atoms with Crippen molar-refractivity contribution in [1.82, 2.24) is 4.90 Å². The second-order valence-corrected chi connectivity index (χ2v) is 9.18. The van der Waals surface area contributed by atoms with Gasteiger partial charge in [0.1, 0.15) is 5.75 Å². The highest BCUT2D eigenvalue weighted by Crippen LogP contribution is 2.38. The number of hydrogen-bond donors (Lipinski definition) is 1. The summed E-state index contributed by atoms with van der Waals surface area (Å²) in [6, 6.07) is 27.1. The Hall–Kier alpha value is -3.31. The van der Waals surface area contributed by atoms with Crippen molar-refractivity contribution in [2.24, 2.45) is 0 Å². The van der Waals surface area contributed by atoms with Gasteiger partial charge < -0.3 is 19.9 Å². The lowest BCUT2D eigenvalue weighted by Crippen LogP contribution is -2.31. The second kappa shape index (κ2) is 10.7. The van der Waals surface area contributed by atoms with Gasteiger partial charge in [-0.1, -0.05) is 54.6 Å². The Labute approximate surface area is 202 Å². The number of nitrogens with one attached hydrogen (secondary N) is 1. The van der Waals surface area contributed by atoms with Gasteiger partial charge >= 0.3 is 0 Å². The normalized spacial score (nSPS) is 18.6. The van der Waals surface area contributed by atoms with E-state index in [-0.39, 0.29) is 11.8 Å². The summed E-state index contributed by atoms with van der Waals surface area (Å²) in [7, 11) is 0. The fourth-order valence-electron chi connectivity index (χ4n) is 5.09. The van der Waals surface area contributed by atoms with Crippen LogP contribution in [0, 0.1) is 0 Å². The van der Waals surface area contributed by atoms with Gasteiger partial charge in [-0.25, -0.2) is 0 Å². The summed E-state index contributed by atoms with van der Waals surface area (Å²) in [6.45, 7) is 6.11. The molecule has 2 aliphatic rings. The first-order valence-corrected chi connectivity index (χ1v) is 12.4. The predicted molar refractivity (Wildman–Crippen MR) is 138 cm³/mol. The van der Waals surface area contributed by atoms with Gasteiger partial charge in [0.2, 0.25) is 5.91 Å². The van der Waals surface area contributed by atoms with Crippen molar-refractivity contribution < 1.29 is 9.53 Å². The molecule has 5 nitrogen and oxygen atoms in total. The minimum atomic E-state index is 0.0595. The lowest BCUT2D eigenvalue weighted by Gasteiger charge is -2.26. The molecule has 176 valence electrons. The van der Waals surface area contributed by atoms with Crippen LogP contribution in [0.5, 0.6) is 5.75 Å². The summed E-state index contributed by atoms with van der Waals surface area (Å²) < 4.78 is 6.07. The molecule has 1 fully saturated rings. The van der Waals surface area contributed by atoms with Crippen LogP contribution in [-0.2, 0) is 4.79 Å². The van der Waals surface area contributed by atoms with Crippen LogP contribution in [0.25, 0.3) is 0 Å². The first-order valence-electron chi connectivity index (χ1n) is 12.4. The van der Waals surface area contributed by atoms with Gasteiger partial charge in [-0.3, -0.25) is 4.79 Å². The van der Waals surface area contributed by atoms with Crippen LogP contribution in [-0.4, -0.2) is 50.1 Å². The third-order valence-electron chi connectivity index (χ3n) is 6.86. The number of amides is 1. The molecule has 1 atom stereocenters. The van der Waals surface area contributed by atoms with Crippen molar-refractivity contribution in [3.8, 4) is 5.75 Å². The number of nitrogens with zero attached hydrogens (tertiary/aromatic N) is 2.